The smallest absolute Gasteiger partial charge is 0.0972 e. The first-order chi connectivity index (χ1) is 44.5. The fraction of sp³-hybridized carbons (Fsp3) is 0. The van der Waals surface area contributed by atoms with Crippen molar-refractivity contribution < 1.29 is 0 Å². The first-order valence-corrected chi connectivity index (χ1v) is 30.1. The number of fused-ring (bicyclic) bond motifs is 10. The van der Waals surface area contributed by atoms with E-state index in [1.807, 2.05) is 67.3 Å². The summed E-state index contributed by atoms with van der Waals surface area (Å²) in [6.45, 7) is 0. The van der Waals surface area contributed by atoms with E-state index in [1.54, 1.807) is 0 Å². The Morgan fingerprint density at radius 1 is 0.200 bits per heavy atom. The lowest BCUT2D eigenvalue weighted by atomic mass is 9.99. The Bertz CT molecular complexity index is 5880. The van der Waals surface area contributed by atoms with Crippen LogP contribution in [-0.2, 0) is 0 Å². The monoisotopic (exact) mass is 1150 g/mol. The second-order valence-corrected chi connectivity index (χ2v) is 22.7. The summed E-state index contributed by atoms with van der Waals surface area (Å²) in [6, 6.07) is 97.5. The summed E-state index contributed by atoms with van der Waals surface area (Å²) < 4.78 is 0. The molecule has 8 nitrogen and oxygen atoms in total. The van der Waals surface area contributed by atoms with Crippen molar-refractivity contribution in [3.63, 3.8) is 0 Å². The molecule has 8 aromatic heterocycles. The van der Waals surface area contributed by atoms with Crippen molar-refractivity contribution in [2.75, 3.05) is 0 Å². The predicted octanol–water partition coefficient (Wildman–Crippen LogP) is 20.6. The molecule has 18 rings (SSSR count). The van der Waals surface area contributed by atoms with Crippen LogP contribution in [0.3, 0.4) is 0 Å². The number of aromatic nitrogens is 8. The van der Waals surface area contributed by atoms with Gasteiger partial charge in [0.1, 0.15) is 0 Å². The highest BCUT2D eigenvalue weighted by Crippen LogP contribution is 2.36. The lowest BCUT2D eigenvalue weighted by Gasteiger charge is -2.10. The van der Waals surface area contributed by atoms with Crippen molar-refractivity contribution in [3.05, 3.63) is 304 Å². The van der Waals surface area contributed by atoms with Gasteiger partial charge in [-0.05, 0) is 142 Å². The number of benzene rings is 10. The zero-order chi connectivity index (χ0) is 59.5. The van der Waals surface area contributed by atoms with Crippen LogP contribution >= 0.6 is 0 Å². The number of pyridine rings is 8. The van der Waals surface area contributed by atoms with Crippen LogP contribution in [0.1, 0.15) is 0 Å². The molecule has 0 saturated heterocycles. The van der Waals surface area contributed by atoms with E-state index in [-0.39, 0.29) is 0 Å². The molecule has 0 atom stereocenters. The molecule has 0 N–H and O–H groups in total. The first-order valence-electron chi connectivity index (χ1n) is 30.1. The third-order valence-corrected chi connectivity index (χ3v) is 17.2. The zero-order valence-electron chi connectivity index (χ0n) is 48.4. The van der Waals surface area contributed by atoms with Crippen LogP contribution in [0.2, 0.25) is 0 Å². The van der Waals surface area contributed by atoms with Gasteiger partial charge in [-0.25, -0.2) is 24.9 Å². The summed E-state index contributed by atoms with van der Waals surface area (Å²) in [5.41, 5.74) is 21.5. The molecule has 90 heavy (non-hydrogen) atoms. The zero-order valence-corrected chi connectivity index (χ0v) is 48.4. The van der Waals surface area contributed by atoms with E-state index < -0.39 is 0 Å². The van der Waals surface area contributed by atoms with Crippen molar-refractivity contribution in [3.8, 4) is 78.5 Å². The van der Waals surface area contributed by atoms with E-state index in [2.05, 4.69) is 252 Å². The topological polar surface area (TPSA) is 103 Å². The minimum absolute atomic E-state index is 0.925. The van der Waals surface area contributed by atoms with Gasteiger partial charge in [-0.1, -0.05) is 176 Å². The van der Waals surface area contributed by atoms with Gasteiger partial charge in [-0.2, -0.15) is 0 Å². The molecule has 0 spiro atoms. The Labute approximate surface area is 517 Å². The number of nitrogens with zero attached hydrogens (tertiary/aromatic N) is 8. The Balaban J connectivity index is 0.000000150. The Morgan fingerprint density at radius 2 is 0.667 bits per heavy atom. The highest BCUT2D eigenvalue weighted by molar-refractivity contribution is 6.04. The summed E-state index contributed by atoms with van der Waals surface area (Å²) in [7, 11) is 0. The van der Waals surface area contributed by atoms with E-state index >= 15 is 0 Å². The van der Waals surface area contributed by atoms with Crippen LogP contribution in [0.25, 0.3) is 176 Å². The molecule has 0 bridgehead atoms. The Hall–Kier alpha value is -12.3. The van der Waals surface area contributed by atoms with Crippen molar-refractivity contribution in [1.29, 1.82) is 0 Å². The molecule has 0 aliphatic rings. The fourth-order valence-corrected chi connectivity index (χ4v) is 12.6. The van der Waals surface area contributed by atoms with E-state index in [0.717, 1.165) is 176 Å². The summed E-state index contributed by atoms with van der Waals surface area (Å²) in [4.78, 5) is 38.6. The van der Waals surface area contributed by atoms with Gasteiger partial charge in [0.25, 0.3) is 0 Å². The van der Waals surface area contributed by atoms with E-state index in [4.69, 9.17) is 24.9 Å². The molecule has 0 fully saturated rings. The predicted molar refractivity (Wildman–Crippen MR) is 371 cm³/mol. The highest BCUT2D eigenvalue weighted by Gasteiger charge is 2.14. The Kier molecular flexibility index (Phi) is 12.7. The molecule has 8 heterocycles. The summed E-state index contributed by atoms with van der Waals surface area (Å²) in [6.07, 6.45) is 7.40. The van der Waals surface area contributed by atoms with Gasteiger partial charge in [-0.15, -0.1) is 0 Å². The van der Waals surface area contributed by atoms with Crippen molar-refractivity contribution in [2.24, 2.45) is 0 Å². The minimum atomic E-state index is 0.925. The van der Waals surface area contributed by atoms with Gasteiger partial charge >= 0.3 is 0 Å². The normalized spacial score (nSPS) is 11.6. The van der Waals surface area contributed by atoms with Crippen LogP contribution in [-0.4, -0.2) is 39.9 Å². The number of hydrogen-bond acceptors (Lipinski definition) is 8. The van der Waals surface area contributed by atoms with Crippen LogP contribution in [0.4, 0.5) is 0 Å². The van der Waals surface area contributed by atoms with Crippen molar-refractivity contribution >= 4 is 97.9 Å². The molecule has 10 aromatic carbocycles. The van der Waals surface area contributed by atoms with Crippen LogP contribution in [0, 0.1) is 0 Å². The summed E-state index contributed by atoms with van der Waals surface area (Å²) >= 11 is 0. The van der Waals surface area contributed by atoms with Gasteiger partial charge in [0.2, 0.25) is 0 Å². The molecule has 0 amide bonds. The van der Waals surface area contributed by atoms with Crippen LogP contribution in [0.5, 0.6) is 0 Å². The lowest BCUT2D eigenvalue weighted by molar-refractivity contribution is 1.36. The molecule has 418 valence electrons. The minimum Gasteiger partial charge on any atom is -0.264 e. The average Bonchev–Trinajstić information content (AvgIpc) is 3.08. The molecule has 0 unspecified atom stereocenters. The lowest BCUT2D eigenvalue weighted by Crippen LogP contribution is -1.90. The van der Waals surface area contributed by atoms with Gasteiger partial charge in [0, 0.05) is 95.7 Å². The molecule has 18 aromatic rings. The second kappa shape index (κ2) is 21.9. The SMILES string of the molecule is c1cc(-c2ccc3ccc(-c4ccc5nc(-c6ccc7cc(-c8ccc9ccc%10cccnc%10c9n8)ccc7c6)ccc5c4)cc3n2)c2ccncc2c1.c1ccc(-c2ccc3cc(-c4ccc5ccc(-c6cccc7ncccc67)nc5c4)ccc3n2)cc1. The van der Waals surface area contributed by atoms with E-state index in [0.29, 0.717) is 0 Å². The molecule has 0 radical (unpaired) electrons. The summed E-state index contributed by atoms with van der Waals surface area (Å²) in [5, 5.41) is 12.3. The van der Waals surface area contributed by atoms with Gasteiger partial charge < -0.3 is 0 Å². The Morgan fingerprint density at radius 3 is 1.34 bits per heavy atom. The average molecular weight is 1150 g/mol. The standard InChI is InChI=1S/C49H29N5.C33H21N3/c1-3-40-29-50-24-22-41(40)42(5-1)46-21-14-30-6-9-36(28-47(30)53-46)35-16-19-43-39(27-35)17-20-44(52-43)37-12-10-34-26-38(13-11-33(34)25-37)45-18-15-32-8-7-31-4-2-23-51-48(31)49(32)54-45;1-2-6-22(7-3-1)29-17-15-26-20-24(14-16-30(26)35-29)25-12-11-23-13-18-32(36-33(23)21-25)28-8-4-10-31-27(28)9-5-19-34-31/h1-29H;1-21H. The van der Waals surface area contributed by atoms with E-state index in [1.165, 1.54) is 0 Å². The maximum absolute atomic E-state index is 5.11. The van der Waals surface area contributed by atoms with E-state index in [9.17, 15) is 0 Å². The van der Waals surface area contributed by atoms with Crippen LogP contribution < -0.4 is 0 Å². The van der Waals surface area contributed by atoms with Crippen molar-refractivity contribution in [1.82, 2.24) is 39.9 Å². The molecule has 0 aliphatic heterocycles. The van der Waals surface area contributed by atoms with Gasteiger partial charge in [0.15, 0.2) is 0 Å². The highest BCUT2D eigenvalue weighted by atomic mass is 14.8. The maximum Gasteiger partial charge on any atom is 0.0972 e. The largest absolute Gasteiger partial charge is 0.264 e. The molecule has 8 heteroatoms. The fourth-order valence-electron chi connectivity index (χ4n) is 12.6. The third kappa shape index (κ3) is 9.71. The number of rotatable bonds is 7. The second-order valence-electron chi connectivity index (χ2n) is 22.7. The van der Waals surface area contributed by atoms with Crippen molar-refractivity contribution in [2.45, 2.75) is 0 Å². The molecular weight excluding hydrogens is 1100 g/mol. The van der Waals surface area contributed by atoms with Crippen LogP contribution in [0.15, 0.2) is 304 Å². The number of hydrogen-bond donors (Lipinski definition) is 0. The molecular formula is C82H50N8. The molecule has 0 aliphatic carbocycles. The maximum atomic E-state index is 5.11. The summed E-state index contributed by atoms with van der Waals surface area (Å²) in [5.74, 6) is 0. The van der Waals surface area contributed by atoms with Gasteiger partial charge in [-0.3, -0.25) is 15.0 Å². The van der Waals surface area contributed by atoms with Gasteiger partial charge in [0.05, 0.1) is 67.1 Å². The quantitative estimate of drug-likeness (QED) is 0.145. The molecule has 0 saturated carbocycles. The third-order valence-electron chi connectivity index (χ3n) is 17.2. The first kappa shape index (κ1) is 52.1.